The summed E-state index contributed by atoms with van der Waals surface area (Å²) in [5.74, 6) is -0.190. The predicted octanol–water partition coefficient (Wildman–Crippen LogP) is 4.02. The minimum atomic E-state index is -0.190. The summed E-state index contributed by atoms with van der Waals surface area (Å²) in [7, 11) is 0. The number of carbonyl (C=O) groups is 1. The fraction of sp³-hybridized carbons (Fsp3) is 0.200. The van der Waals surface area contributed by atoms with E-state index in [-0.39, 0.29) is 5.91 Å². The number of carbonyl (C=O) groups excluding carboxylic acids is 1. The molecule has 1 heterocycles. The van der Waals surface area contributed by atoms with Crippen LogP contribution in [0.1, 0.15) is 27.3 Å². The largest absolute Gasteiger partial charge is 0.321 e. The van der Waals surface area contributed by atoms with Gasteiger partial charge in [-0.2, -0.15) is 0 Å². The lowest BCUT2D eigenvalue weighted by atomic mass is 10.1. The van der Waals surface area contributed by atoms with E-state index in [0.717, 1.165) is 27.0 Å². The Morgan fingerprint density at radius 1 is 1.16 bits per heavy atom. The van der Waals surface area contributed by atoms with Gasteiger partial charge in [-0.15, -0.1) is 0 Å². The number of rotatable bonds is 2. The third-order valence-corrected chi connectivity index (χ3v) is 4.07. The zero-order valence-electron chi connectivity index (χ0n) is 11.1. The van der Waals surface area contributed by atoms with Gasteiger partial charge in [0.25, 0.3) is 5.91 Å². The molecule has 1 aromatic heterocycles. The molecule has 0 fully saturated rings. The molecule has 0 saturated carbocycles. The molecule has 1 amide bonds. The second kappa shape index (κ2) is 5.53. The Bertz CT molecular complexity index is 615. The van der Waals surface area contributed by atoms with E-state index in [2.05, 4.69) is 26.2 Å². The molecule has 3 nitrogen and oxygen atoms in total. The van der Waals surface area contributed by atoms with Crippen LogP contribution in [0.5, 0.6) is 0 Å². The van der Waals surface area contributed by atoms with Crippen LogP contribution in [0, 0.1) is 20.8 Å². The zero-order chi connectivity index (χ0) is 14.0. The second-order valence-corrected chi connectivity index (χ2v) is 5.34. The molecule has 0 aliphatic rings. The van der Waals surface area contributed by atoms with Gasteiger partial charge in [0.15, 0.2) is 0 Å². The van der Waals surface area contributed by atoms with Gasteiger partial charge in [0.2, 0.25) is 0 Å². The summed E-state index contributed by atoms with van der Waals surface area (Å²) in [4.78, 5) is 16.3. The molecule has 2 aromatic rings. The highest BCUT2D eigenvalue weighted by Gasteiger charge is 2.09. The first-order valence-electron chi connectivity index (χ1n) is 5.99. The van der Waals surface area contributed by atoms with Crippen molar-refractivity contribution in [3.63, 3.8) is 0 Å². The number of halogens is 1. The van der Waals surface area contributed by atoms with E-state index in [9.17, 15) is 4.79 Å². The number of anilines is 1. The Morgan fingerprint density at radius 2 is 1.79 bits per heavy atom. The number of hydrogen-bond acceptors (Lipinski definition) is 2. The molecular formula is C15H15BrN2O. The van der Waals surface area contributed by atoms with Crippen LogP contribution in [0.3, 0.4) is 0 Å². The molecule has 0 unspecified atom stereocenters. The Kier molecular flexibility index (Phi) is 4.00. The first-order chi connectivity index (χ1) is 8.97. The highest BCUT2D eigenvalue weighted by atomic mass is 79.9. The number of aryl methyl sites for hydroxylation is 3. The molecule has 0 atom stereocenters. The van der Waals surface area contributed by atoms with E-state index >= 15 is 0 Å². The lowest BCUT2D eigenvalue weighted by Gasteiger charge is -2.09. The second-order valence-electron chi connectivity index (χ2n) is 4.54. The van der Waals surface area contributed by atoms with Crippen LogP contribution in [0.25, 0.3) is 0 Å². The van der Waals surface area contributed by atoms with Gasteiger partial charge in [0, 0.05) is 15.9 Å². The van der Waals surface area contributed by atoms with Crippen LogP contribution < -0.4 is 5.32 Å². The van der Waals surface area contributed by atoms with E-state index in [0.29, 0.717) is 5.69 Å². The quantitative estimate of drug-likeness (QED) is 0.908. The fourth-order valence-electron chi connectivity index (χ4n) is 1.88. The van der Waals surface area contributed by atoms with Crippen molar-refractivity contribution in [1.29, 1.82) is 0 Å². The summed E-state index contributed by atoms with van der Waals surface area (Å²) in [6, 6.07) is 9.27. The topological polar surface area (TPSA) is 42.0 Å². The van der Waals surface area contributed by atoms with Gasteiger partial charge in [-0.3, -0.25) is 4.79 Å². The maximum Gasteiger partial charge on any atom is 0.274 e. The van der Waals surface area contributed by atoms with Gasteiger partial charge in [-0.05, 0) is 56.2 Å². The Balaban J connectivity index is 2.24. The smallest absolute Gasteiger partial charge is 0.274 e. The Morgan fingerprint density at radius 3 is 2.37 bits per heavy atom. The summed E-state index contributed by atoms with van der Waals surface area (Å²) in [5, 5.41) is 2.87. The van der Waals surface area contributed by atoms with Crippen molar-refractivity contribution in [3.8, 4) is 0 Å². The molecule has 2 rings (SSSR count). The van der Waals surface area contributed by atoms with Crippen molar-refractivity contribution >= 4 is 27.5 Å². The highest BCUT2D eigenvalue weighted by Crippen LogP contribution is 2.25. The number of amides is 1. The summed E-state index contributed by atoms with van der Waals surface area (Å²) >= 11 is 3.51. The predicted molar refractivity (Wildman–Crippen MR) is 80.5 cm³/mol. The SMILES string of the molecule is Cc1cccc(C(=O)Nc2cc(C)c(Br)c(C)c2)n1. The van der Waals surface area contributed by atoms with Crippen molar-refractivity contribution in [2.75, 3.05) is 5.32 Å². The maximum absolute atomic E-state index is 12.1. The molecule has 0 radical (unpaired) electrons. The molecule has 0 aliphatic carbocycles. The van der Waals surface area contributed by atoms with Gasteiger partial charge < -0.3 is 5.32 Å². The average molecular weight is 319 g/mol. The first-order valence-corrected chi connectivity index (χ1v) is 6.78. The van der Waals surface area contributed by atoms with Gasteiger partial charge in [-0.1, -0.05) is 22.0 Å². The molecule has 0 bridgehead atoms. The molecule has 0 spiro atoms. The number of nitrogens with one attached hydrogen (secondary N) is 1. The number of aromatic nitrogens is 1. The number of nitrogens with zero attached hydrogens (tertiary/aromatic N) is 1. The van der Waals surface area contributed by atoms with Gasteiger partial charge in [-0.25, -0.2) is 4.98 Å². The van der Waals surface area contributed by atoms with Crippen LogP contribution in [-0.4, -0.2) is 10.9 Å². The van der Waals surface area contributed by atoms with Crippen LogP contribution in [-0.2, 0) is 0 Å². The fourth-order valence-corrected chi connectivity index (χ4v) is 2.11. The lowest BCUT2D eigenvalue weighted by Crippen LogP contribution is -2.14. The van der Waals surface area contributed by atoms with Gasteiger partial charge in [0.1, 0.15) is 5.69 Å². The Labute approximate surface area is 121 Å². The van der Waals surface area contributed by atoms with Crippen molar-refractivity contribution in [3.05, 3.63) is 57.3 Å². The number of pyridine rings is 1. The van der Waals surface area contributed by atoms with Crippen molar-refractivity contribution < 1.29 is 4.79 Å². The molecule has 98 valence electrons. The van der Waals surface area contributed by atoms with Crippen LogP contribution in [0.4, 0.5) is 5.69 Å². The summed E-state index contributed by atoms with van der Waals surface area (Å²) in [5.41, 5.74) is 4.22. The monoisotopic (exact) mass is 318 g/mol. The Hall–Kier alpha value is -1.68. The number of benzene rings is 1. The van der Waals surface area contributed by atoms with Crippen molar-refractivity contribution in [2.24, 2.45) is 0 Å². The average Bonchev–Trinajstić information content (AvgIpc) is 2.36. The van der Waals surface area contributed by atoms with Crippen LogP contribution >= 0.6 is 15.9 Å². The van der Waals surface area contributed by atoms with Gasteiger partial charge >= 0.3 is 0 Å². The molecule has 1 N–H and O–H groups in total. The normalized spacial score (nSPS) is 10.3. The van der Waals surface area contributed by atoms with E-state index in [1.165, 1.54) is 0 Å². The van der Waals surface area contributed by atoms with Crippen molar-refractivity contribution in [1.82, 2.24) is 4.98 Å². The van der Waals surface area contributed by atoms with E-state index in [4.69, 9.17) is 0 Å². The molecule has 19 heavy (non-hydrogen) atoms. The molecule has 0 aliphatic heterocycles. The maximum atomic E-state index is 12.1. The minimum absolute atomic E-state index is 0.190. The lowest BCUT2D eigenvalue weighted by molar-refractivity contribution is 0.102. The van der Waals surface area contributed by atoms with E-state index < -0.39 is 0 Å². The van der Waals surface area contributed by atoms with Gasteiger partial charge in [0.05, 0.1) is 0 Å². The van der Waals surface area contributed by atoms with E-state index in [1.807, 2.05) is 45.0 Å². The van der Waals surface area contributed by atoms with Crippen molar-refractivity contribution in [2.45, 2.75) is 20.8 Å². The first kappa shape index (κ1) is 13.7. The minimum Gasteiger partial charge on any atom is -0.321 e. The molecule has 0 saturated heterocycles. The third-order valence-electron chi connectivity index (χ3n) is 2.82. The zero-order valence-corrected chi connectivity index (χ0v) is 12.7. The highest BCUT2D eigenvalue weighted by molar-refractivity contribution is 9.10. The third kappa shape index (κ3) is 3.20. The number of hydrogen-bond donors (Lipinski definition) is 1. The van der Waals surface area contributed by atoms with Crippen LogP contribution in [0.2, 0.25) is 0 Å². The molecule has 1 aromatic carbocycles. The standard InChI is InChI=1S/C15H15BrN2O/c1-9-7-12(8-10(2)14(9)16)18-15(19)13-6-4-5-11(3)17-13/h4-8H,1-3H3,(H,18,19). The molecule has 4 heteroatoms. The van der Waals surface area contributed by atoms with Crippen LogP contribution in [0.15, 0.2) is 34.8 Å². The summed E-state index contributed by atoms with van der Waals surface area (Å²) < 4.78 is 1.07. The summed E-state index contributed by atoms with van der Waals surface area (Å²) in [6.07, 6.45) is 0. The summed E-state index contributed by atoms with van der Waals surface area (Å²) in [6.45, 7) is 5.86. The molecular weight excluding hydrogens is 304 g/mol. The van der Waals surface area contributed by atoms with E-state index in [1.54, 1.807) is 6.07 Å².